The fourth-order valence-electron chi connectivity index (χ4n) is 3.62. The highest BCUT2D eigenvalue weighted by molar-refractivity contribution is 5.79. The van der Waals surface area contributed by atoms with E-state index in [1.54, 1.807) is 4.68 Å². The molecule has 0 radical (unpaired) electrons. The van der Waals surface area contributed by atoms with Crippen molar-refractivity contribution < 1.29 is 4.79 Å². The van der Waals surface area contributed by atoms with Crippen LogP contribution >= 0.6 is 0 Å². The second-order valence-electron chi connectivity index (χ2n) is 6.48. The van der Waals surface area contributed by atoms with E-state index in [9.17, 15) is 4.79 Å². The van der Waals surface area contributed by atoms with Crippen molar-refractivity contribution in [3.63, 3.8) is 0 Å². The van der Waals surface area contributed by atoms with E-state index in [-0.39, 0.29) is 12.5 Å². The molecule has 25 heavy (non-hydrogen) atoms. The molecule has 1 fully saturated rings. The molecule has 0 spiro atoms. The third kappa shape index (κ3) is 3.01. The summed E-state index contributed by atoms with van der Waals surface area (Å²) in [5.74, 6) is 1.18. The number of rotatable bonds is 4. The quantitative estimate of drug-likeness (QED) is 0.730. The van der Waals surface area contributed by atoms with Gasteiger partial charge in [-0.2, -0.15) is 0 Å². The summed E-state index contributed by atoms with van der Waals surface area (Å²) >= 11 is 0. The van der Waals surface area contributed by atoms with Crippen LogP contribution in [0.15, 0.2) is 36.7 Å². The van der Waals surface area contributed by atoms with Gasteiger partial charge >= 0.3 is 0 Å². The first kappa shape index (κ1) is 15.8. The standard InChI is InChI=1S/C18H22N6O/c1-2-17-19-9-11-23(17)14-6-5-10-22(12-14)18(25)13-24-16-8-4-3-7-15(16)20-21-24/h3-4,7-9,11,14H,2,5-6,10,12-13H2,1H3. The van der Waals surface area contributed by atoms with E-state index >= 15 is 0 Å². The molecule has 1 aliphatic rings. The zero-order chi connectivity index (χ0) is 17.2. The largest absolute Gasteiger partial charge is 0.339 e. The van der Waals surface area contributed by atoms with E-state index in [0.29, 0.717) is 6.04 Å². The van der Waals surface area contributed by atoms with Gasteiger partial charge in [-0.05, 0) is 25.0 Å². The number of likely N-dealkylation sites (tertiary alicyclic amines) is 1. The fraction of sp³-hybridized carbons (Fsp3) is 0.444. The molecule has 1 saturated heterocycles. The van der Waals surface area contributed by atoms with Gasteiger partial charge in [0, 0.05) is 31.9 Å². The first-order chi connectivity index (χ1) is 12.3. The predicted octanol–water partition coefficient (Wildman–Crippen LogP) is 2.05. The van der Waals surface area contributed by atoms with Crippen molar-refractivity contribution >= 4 is 16.9 Å². The molecule has 0 bridgehead atoms. The maximum absolute atomic E-state index is 12.8. The van der Waals surface area contributed by atoms with E-state index in [1.807, 2.05) is 41.6 Å². The molecule has 7 heteroatoms. The summed E-state index contributed by atoms with van der Waals surface area (Å²) in [6.07, 6.45) is 6.88. The minimum Gasteiger partial charge on any atom is -0.339 e. The van der Waals surface area contributed by atoms with E-state index in [1.165, 1.54) is 0 Å². The minimum atomic E-state index is 0.0958. The lowest BCUT2D eigenvalue weighted by molar-refractivity contribution is -0.133. The van der Waals surface area contributed by atoms with Crippen LogP contribution in [0.1, 0.15) is 31.6 Å². The smallest absolute Gasteiger partial charge is 0.244 e. The third-order valence-electron chi connectivity index (χ3n) is 4.91. The van der Waals surface area contributed by atoms with Crippen LogP contribution in [-0.2, 0) is 17.8 Å². The van der Waals surface area contributed by atoms with Gasteiger partial charge in [0.2, 0.25) is 5.91 Å². The highest BCUT2D eigenvalue weighted by Gasteiger charge is 2.26. The number of aryl methyl sites for hydroxylation is 1. The molecule has 0 saturated carbocycles. The molecule has 4 rings (SSSR count). The number of nitrogens with zero attached hydrogens (tertiary/aromatic N) is 6. The van der Waals surface area contributed by atoms with Crippen LogP contribution in [0, 0.1) is 0 Å². The van der Waals surface area contributed by atoms with E-state index in [0.717, 1.165) is 49.2 Å². The van der Waals surface area contributed by atoms with Gasteiger partial charge in [-0.1, -0.05) is 24.3 Å². The summed E-state index contributed by atoms with van der Waals surface area (Å²) in [5, 5.41) is 8.26. The maximum atomic E-state index is 12.8. The van der Waals surface area contributed by atoms with Gasteiger partial charge in [0.05, 0.1) is 11.6 Å². The molecule has 1 unspecified atom stereocenters. The van der Waals surface area contributed by atoms with Gasteiger partial charge in [-0.25, -0.2) is 9.67 Å². The van der Waals surface area contributed by atoms with E-state index in [2.05, 4.69) is 26.8 Å². The second kappa shape index (κ2) is 6.66. The Kier molecular flexibility index (Phi) is 4.21. The molecule has 7 nitrogen and oxygen atoms in total. The number of carbonyl (C=O) groups excluding carboxylic acids is 1. The zero-order valence-corrected chi connectivity index (χ0v) is 14.4. The molecular formula is C18H22N6O. The van der Waals surface area contributed by atoms with Gasteiger partial charge in [0.25, 0.3) is 0 Å². The van der Waals surface area contributed by atoms with E-state index in [4.69, 9.17) is 0 Å². The Morgan fingerprint density at radius 2 is 2.20 bits per heavy atom. The number of hydrogen-bond acceptors (Lipinski definition) is 4. The minimum absolute atomic E-state index is 0.0958. The van der Waals surface area contributed by atoms with Crippen molar-refractivity contribution in [1.29, 1.82) is 0 Å². The fourth-order valence-corrected chi connectivity index (χ4v) is 3.62. The van der Waals surface area contributed by atoms with Crippen molar-refractivity contribution in [2.45, 2.75) is 38.8 Å². The SMILES string of the molecule is CCc1nccn1C1CCCN(C(=O)Cn2nnc3ccccc32)C1. The molecule has 1 aliphatic heterocycles. The Balaban J connectivity index is 1.48. The van der Waals surface area contributed by atoms with Crippen LogP contribution < -0.4 is 0 Å². The monoisotopic (exact) mass is 338 g/mol. The number of aromatic nitrogens is 5. The van der Waals surface area contributed by atoms with Crippen molar-refractivity contribution in [2.24, 2.45) is 0 Å². The first-order valence-corrected chi connectivity index (χ1v) is 8.84. The Morgan fingerprint density at radius 3 is 3.08 bits per heavy atom. The molecule has 0 aliphatic carbocycles. The molecule has 3 heterocycles. The van der Waals surface area contributed by atoms with Crippen LogP contribution in [0.5, 0.6) is 0 Å². The number of fused-ring (bicyclic) bond motifs is 1. The van der Waals surface area contributed by atoms with Gasteiger partial charge in [0.1, 0.15) is 17.9 Å². The number of imidazole rings is 1. The van der Waals surface area contributed by atoms with Crippen LogP contribution in [-0.4, -0.2) is 48.4 Å². The first-order valence-electron chi connectivity index (χ1n) is 8.84. The lowest BCUT2D eigenvalue weighted by Gasteiger charge is -2.34. The molecule has 1 amide bonds. The normalized spacial score (nSPS) is 18.0. The predicted molar refractivity (Wildman–Crippen MR) is 94.0 cm³/mol. The van der Waals surface area contributed by atoms with Crippen LogP contribution in [0.3, 0.4) is 0 Å². The highest BCUT2D eigenvalue weighted by atomic mass is 16.2. The summed E-state index contributed by atoms with van der Waals surface area (Å²) in [6.45, 7) is 3.88. The van der Waals surface area contributed by atoms with Gasteiger partial charge in [-0.3, -0.25) is 4.79 Å². The average molecular weight is 338 g/mol. The number of amides is 1. The molecule has 0 N–H and O–H groups in total. The molecule has 1 aromatic carbocycles. The number of para-hydroxylation sites is 1. The van der Waals surface area contributed by atoms with Crippen molar-refractivity contribution in [2.75, 3.05) is 13.1 Å². The Labute approximate surface area is 146 Å². The third-order valence-corrected chi connectivity index (χ3v) is 4.91. The Bertz CT molecular complexity index is 882. The van der Waals surface area contributed by atoms with Crippen LogP contribution in [0.4, 0.5) is 0 Å². The summed E-state index contributed by atoms with van der Waals surface area (Å²) in [6, 6.07) is 8.03. The molecular weight excluding hydrogens is 316 g/mol. The number of benzene rings is 1. The van der Waals surface area contributed by atoms with Gasteiger partial charge in [0.15, 0.2) is 0 Å². The maximum Gasteiger partial charge on any atom is 0.244 e. The van der Waals surface area contributed by atoms with Gasteiger partial charge in [-0.15, -0.1) is 5.10 Å². The van der Waals surface area contributed by atoms with Crippen LogP contribution in [0.25, 0.3) is 11.0 Å². The van der Waals surface area contributed by atoms with Crippen molar-refractivity contribution in [3.8, 4) is 0 Å². The Morgan fingerprint density at radius 1 is 1.32 bits per heavy atom. The zero-order valence-electron chi connectivity index (χ0n) is 14.4. The van der Waals surface area contributed by atoms with Crippen LogP contribution in [0.2, 0.25) is 0 Å². The molecule has 1 atom stereocenters. The van der Waals surface area contributed by atoms with Crippen molar-refractivity contribution in [1.82, 2.24) is 29.4 Å². The summed E-state index contributed by atoms with van der Waals surface area (Å²) in [4.78, 5) is 19.2. The topological polar surface area (TPSA) is 68.8 Å². The average Bonchev–Trinajstić information content (AvgIpc) is 3.29. The highest BCUT2D eigenvalue weighted by Crippen LogP contribution is 2.23. The summed E-state index contributed by atoms with van der Waals surface area (Å²) in [5.41, 5.74) is 1.71. The lowest BCUT2D eigenvalue weighted by atomic mass is 10.1. The molecule has 130 valence electrons. The molecule has 3 aromatic rings. The summed E-state index contributed by atoms with van der Waals surface area (Å²) in [7, 11) is 0. The number of piperidine rings is 1. The van der Waals surface area contributed by atoms with E-state index < -0.39 is 0 Å². The van der Waals surface area contributed by atoms with Gasteiger partial charge < -0.3 is 9.47 Å². The lowest BCUT2D eigenvalue weighted by Crippen LogP contribution is -2.42. The Hall–Kier alpha value is -2.70. The van der Waals surface area contributed by atoms with Crippen molar-refractivity contribution in [3.05, 3.63) is 42.5 Å². The number of hydrogen-bond donors (Lipinski definition) is 0. The second-order valence-corrected chi connectivity index (χ2v) is 6.48. The summed E-state index contributed by atoms with van der Waals surface area (Å²) < 4.78 is 3.92. The number of carbonyl (C=O) groups is 1. The molecule has 2 aromatic heterocycles.